The molecule has 0 saturated carbocycles. The van der Waals surface area contributed by atoms with Crippen LogP contribution < -0.4 is 15.4 Å². The summed E-state index contributed by atoms with van der Waals surface area (Å²) in [6.45, 7) is 1.88. The van der Waals surface area contributed by atoms with Crippen LogP contribution in [0.1, 0.15) is 24.1 Å². The monoisotopic (exact) mass is 517 g/mol. The predicted molar refractivity (Wildman–Crippen MR) is 144 cm³/mol. The number of halogens is 1. The molecule has 0 fully saturated rings. The van der Waals surface area contributed by atoms with Crippen LogP contribution in [0, 0.1) is 0 Å². The number of methoxy groups -OCH3 is 1. The standard InChI is InChI=1S/C27H24ClN5O2S/c1-17-23(25(34)30-21-8-4-3-5-9-21)24(19-11-13-20(28)14-12-19)33-26(29-17)31-27(32-33)36-16-18-7-6-10-22(15-18)35-2/h3-15,24H,16H2,1-2H3,(H,30,34)(H,29,31,32). The zero-order valence-electron chi connectivity index (χ0n) is 19.7. The van der Waals surface area contributed by atoms with Crippen molar-refractivity contribution in [1.82, 2.24) is 14.8 Å². The van der Waals surface area contributed by atoms with Crippen LogP contribution in [-0.2, 0) is 10.5 Å². The molecular formula is C27H24ClN5O2S. The molecule has 0 radical (unpaired) electrons. The first-order valence-electron chi connectivity index (χ1n) is 11.3. The quantitative estimate of drug-likeness (QED) is 0.286. The highest BCUT2D eigenvalue weighted by Gasteiger charge is 2.34. The molecule has 9 heteroatoms. The highest BCUT2D eigenvalue weighted by atomic mass is 35.5. The van der Waals surface area contributed by atoms with Crippen molar-refractivity contribution in [1.29, 1.82) is 0 Å². The SMILES string of the molecule is COc1cccc(CSc2nc3n(n2)C(c2ccc(Cl)cc2)C(C(=O)Nc2ccccc2)=C(C)N3)c1. The lowest BCUT2D eigenvalue weighted by Crippen LogP contribution is -2.31. The molecule has 4 aromatic rings. The Morgan fingerprint density at radius 2 is 1.89 bits per heavy atom. The third-order valence-corrected chi connectivity index (χ3v) is 6.96. The topological polar surface area (TPSA) is 81.1 Å². The third kappa shape index (κ3) is 5.10. The summed E-state index contributed by atoms with van der Waals surface area (Å²) >= 11 is 7.68. The molecule has 2 N–H and O–H groups in total. The van der Waals surface area contributed by atoms with Crippen molar-refractivity contribution in [3.63, 3.8) is 0 Å². The predicted octanol–water partition coefficient (Wildman–Crippen LogP) is 6.16. The number of nitrogens with zero attached hydrogens (tertiary/aromatic N) is 3. The fourth-order valence-corrected chi connectivity index (χ4v) is 4.97. The van der Waals surface area contributed by atoms with Gasteiger partial charge in [-0.1, -0.05) is 65.8 Å². The maximum atomic E-state index is 13.5. The number of thioether (sulfide) groups is 1. The van der Waals surface area contributed by atoms with Crippen LogP contribution in [0.3, 0.4) is 0 Å². The summed E-state index contributed by atoms with van der Waals surface area (Å²) in [6.07, 6.45) is 0. The van der Waals surface area contributed by atoms with Crippen molar-refractivity contribution < 1.29 is 9.53 Å². The summed E-state index contributed by atoms with van der Waals surface area (Å²) in [7, 11) is 1.65. The lowest BCUT2D eigenvalue weighted by Gasteiger charge is -2.28. The molecule has 1 aromatic heterocycles. The second kappa shape index (κ2) is 10.5. The molecule has 0 bridgehead atoms. The first kappa shape index (κ1) is 24.0. The molecular weight excluding hydrogens is 494 g/mol. The molecule has 0 saturated heterocycles. The molecule has 0 spiro atoms. The number of allylic oxidation sites excluding steroid dienone is 1. The highest BCUT2D eigenvalue weighted by Crippen LogP contribution is 2.37. The second-order valence-electron chi connectivity index (χ2n) is 8.24. The van der Waals surface area contributed by atoms with Gasteiger partial charge in [-0.05, 0) is 54.4 Å². The molecule has 3 aromatic carbocycles. The number of anilines is 2. The van der Waals surface area contributed by atoms with Gasteiger partial charge in [-0.25, -0.2) is 4.68 Å². The summed E-state index contributed by atoms with van der Waals surface area (Å²) in [5, 5.41) is 12.3. The van der Waals surface area contributed by atoms with E-state index in [4.69, 9.17) is 26.4 Å². The number of nitrogens with one attached hydrogen (secondary N) is 2. The Bertz CT molecular complexity index is 1420. The fraction of sp³-hybridized carbons (Fsp3) is 0.148. The van der Waals surface area contributed by atoms with Crippen molar-refractivity contribution in [2.75, 3.05) is 17.7 Å². The lowest BCUT2D eigenvalue weighted by molar-refractivity contribution is -0.113. The van der Waals surface area contributed by atoms with Crippen molar-refractivity contribution in [3.05, 3.63) is 106 Å². The Kier molecular flexibility index (Phi) is 6.97. The Balaban J connectivity index is 1.47. The van der Waals surface area contributed by atoms with Crippen LogP contribution in [0.25, 0.3) is 0 Å². The molecule has 182 valence electrons. The molecule has 1 unspecified atom stereocenters. The lowest BCUT2D eigenvalue weighted by atomic mass is 9.95. The Morgan fingerprint density at radius 1 is 1.11 bits per heavy atom. The second-order valence-corrected chi connectivity index (χ2v) is 9.62. The van der Waals surface area contributed by atoms with Gasteiger partial charge in [-0.3, -0.25) is 4.79 Å². The van der Waals surface area contributed by atoms with Gasteiger partial charge in [0.25, 0.3) is 5.91 Å². The summed E-state index contributed by atoms with van der Waals surface area (Å²) in [5.74, 6) is 1.86. The van der Waals surface area contributed by atoms with Crippen molar-refractivity contribution >= 4 is 40.9 Å². The zero-order chi connectivity index (χ0) is 25.1. The van der Waals surface area contributed by atoms with Crippen molar-refractivity contribution in [2.45, 2.75) is 23.9 Å². The van der Waals surface area contributed by atoms with Gasteiger partial charge in [-0.15, -0.1) is 5.10 Å². The molecule has 7 nitrogen and oxygen atoms in total. The van der Waals surface area contributed by atoms with Gasteiger partial charge in [0.1, 0.15) is 11.8 Å². The Hall–Kier alpha value is -3.75. The van der Waals surface area contributed by atoms with Crippen molar-refractivity contribution in [2.24, 2.45) is 0 Å². The average molecular weight is 518 g/mol. The Morgan fingerprint density at radius 3 is 2.64 bits per heavy atom. The minimum Gasteiger partial charge on any atom is -0.497 e. The highest BCUT2D eigenvalue weighted by molar-refractivity contribution is 7.98. The molecule has 1 amide bonds. The number of para-hydroxylation sites is 1. The van der Waals surface area contributed by atoms with Gasteiger partial charge >= 0.3 is 0 Å². The van der Waals surface area contributed by atoms with Crippen LogP contribution >= 0.6 is 23.4 Å². The summed E-state index contributed by atoms with van der Waals surface area (Å²) in [5.41, 5.74) is 3.98. The van der Waals surface area contributed by atoms with Gasteiger partial charge < -0.3 is 15.4 Å². The van der Waals surface area contributed by atoms with Crippen LogP contribution in [0.2, 0.25) is 5.02 Å². The molecule has 36 heavy (non-hydrogen) atoms. The van der Waals surface area contributed by atoms with Crippen LogP contribution in [0.15, 0.2) is 95.3 Å². The maximum absolute atomic E-state index is 13.5. The number of benzene rings is 3. The minimum absolute atomic E-state index is 0.210. The van der Waals surface area contributed by atoms with Gasteiger partial charge in [0.05, 0.1) is 12.7 Å². The molecule has 1 aliphatic heterocycles. The molecule has 0 aliphatic carbocycles. The minimum atomic E-state index is -0.471. The van der Waals surface area contributed by atoms with E-state index in [1.54, 1.807) is 11.8 Å². The van der Waals surface area contributed by atoms with E-state index in [1.165, 1.54) is 11.8 Å². The summed E-state index contributed by atoms with van der Waals surface area (Å²) in [4.78, 5) is 18.2. The van der Waals surface area contributed by atoms with E-state index in [0.29, 0.717) is 33.2 Å². The van der Waals surface area contributed by atoms with E-state index in [1.807, 2.05) is 85.8 Å². The molecule has 1 atom stereocenters. The number of ether oxygens (including phenoxy) is 1. The van der Waals surface area contributed by atoms with Gasteiger partial charge in [0.2, 0.25) is 11.1 Å². The molecule has 5 rings (SSSR count). The smallest absolute Gasteiger partial charge is 0.255 e. The van der Waals surface area contributed by atoms with E-state index in [9.17, 15) is 4.79 Å². The maximum Gasteiger partial charge on any atom is 0.255 e. The zero-order valence-corrected chi connectivity index (χ0v) is 21.3. The first-order chi connectivity index (χ1) is 17.5. The molecule has 2 heterocycles. The number of amides is 1. The fourth-order valence-electron chi connectivity index (χ4n) is 4.07. The normalized spacial score (nSPS) is 14.7. The van der Waals surface area contributed by atoms with E-state index in [-0.39, 0.29) is 5.91 Å². The Labute approximate surface area is 218 Å². The number of carbonyl (C=O) groups excluding carboxylic acids is 1. The summed E-state index contributed by atoms with van der Waals surface area (Å²) in [6, 6.07) is 24.3. The van der Waals surface area contributed by atoms with Crippen molar-refractivity contribution in [3.8, 4) is 5.75 Å². The van der Waals surface area contributed by atoms with E-state index >= 15 is 0 Å². The van der Waals surface area contributed by atoms with Gasteiger partial charge in [0.15, 0.2) is 0 Å². The summed E-state index contributed by atoms with van der Waals surface area (Å²) < 4.78 is 7.09. The van der Waals surface area contributed by atoms with E-state index in [0.717, 1.165) is 22.6 Å². The largest absolute Gasteiger partial charge is 0.497 e. The number of carbonyl (C=O) groups is 1. The number of hydrogen-bond acceptors (Lipinski definition) is 6. The number of aromatic nitrogens is 3. The van der Waals surface area contributed by atoms with Gasteiger partial charge in [0, 0.05) is 22.2 Å². The first-order valence-corrected chi connectivity index (χ1v) is 12.7. The van der Waals surface area contributed by atoms with E-state index in [2.05, 4.69) is 10.6 Å². The van der Waals surface area contributed by atoms with Crippen LogP contribution in [0.5, 0.6) is 5.75 Å². The van der Waals surface area contributed by atoms with E-state index < -0.39 is 6.04 Å². The number of rotatable bonds is 7. The van der Waals surface area contributed by atoms with Crippen LogP contribution in [0.4, 0.5) is 11.6 Å². The van der Waals surface area contributed by atoms with Gasteiger partial charge in [-0.2, -0.15) is 4.98 Å². The van der Waals surface area contributed by atoms with Crippen LogP contribution in [-0.4, -0.2) is 27.8 Å². The average Bonchev–Trinajstić information content (AvgIpc) is 3.30. The number of hydrogen-bond donors (Lipinski definition) is 2. The molecule has 1 aliphatic rings. The number of fused-ring (bicyclic) bond motifs is 1. The third-order valence-electron chi connectivity index (χ3n) is 5.80.